The van der Waals surface area contributed by atoms with Crippen molar-refractivity contribution in [2.45, 2.75) is 45.2 Å². The fourth-order valence-electron chi connectivity index (χ4n) is 2.01. The molecule has 14 heavy (non-hydrogen) atoms. The molecule has 0 bridgehead atoms. The number of nitrogens with zero attached hydrogens (tertiary/aromatic N) is 1. The van der Waals surface area contributed by atoms with Gasteiger partial charge < -0.3 is 5.32 Å². The van der Waals surface area contributed by atoms with Gasteiger partial charge in [0, 0.05) is 24.7 Å². The molecular formula is C10H20F2N2. The third-order valence-electron chi connectivity index (χ3n) is 2.77. The van der Waals surface area contributed by atoms with E-state index in [9.17, 15) is 8.78 Å². The molecule has 1 aliphatic rings. The molecule has 1 saturated heterocycles. The van der Waals surface area contributed by atoms with Gasteiger partial charge in [-0.2, -0.15) is 0 Å². The molecule has 1 fully saturated rings. The zero-order chi connectivity index (χ0) is 10.8. The van der Waals surface area contributed by atoms with Crippen LogP contribution >= 0.6 is 0 Å². The lowest BCUT2D eigenvalue weighted by Gasteiger charge is -2.44. The molecule has 0 radical (unpaired) electrons. The Morgan fingerprint density at radius 1 is 1.50 bits per heavy atom. The lowest BCUT2D eigenvalue weighted by molar-refractivity contribution is 0.0268. The second-order valence-electron chi connectivity index (χ2n) is 4.65. The second-order valence-corrected chi connectivity index (χ2v) is 4.65. The summed E-state index contributed by atoms with van der Waals surface area (Å²) in [6.07, 6.45) is -1.30. The third-order valence-corrected chi connectivity index (χ3v) is 2.77. The van der Waals surface area contributed by atoms with Crippen molar-refractivity contribution in [3.8, 4) is 0 Å². The number of rotatable bonds is 3. The van der Waals surface area contributed by atoms with E-state index in [1.807, 2.05) is 11.8 Å². The van der Waals surface area contributed by atoms with Crippen LogP contribution in [0.4, 0.5) is 8.78 Å². The van der Waals surface area contributed by atoms with Gasteiger partial charge >= 0.3 is 0 Å². The Labute approximate surface area is 84.7 Å². The van der Waals surface area contributed by atoms with Crippen molar-refractivity contribution in [2.24, 2.45) is 0 Å². The molecule has 4 heteroatoms. The molecule has 2 nitrogen and oxygen atoms in total. The number of piperazine rings is 1. The highest BCUT2D eigenvalue weighted by Crippen LogP contribution is 2.17. The summed E-state index contributed by atoms with van der Waals surface area (Å²) in [7, 11) is 0. The Morgan fingerprint density at radius 3 is 2.64 bits per heavy atom. The Balaban J connectivity index is 2.56. The van der Waals surface area contributed by atoms with Crippen LogP contribution in [0.15, 0.2) is 0 Å². The van der Waals surface area contributed by atoms with Crippen molar-refractivity contribution in [1.82, 2.24) is 10.2 Å². The highest BCUT2D eigenvalue weighted by Gasteiger charge is 2.32. The molecule has 0 aromatic heterocycles. The Hall–Kier alpha value is -0.220. The third kappa shape index (κ3) is 3.17. The van der Waals surface area contributed by atoms with Crippen molar-refractivity contribution in [1.29, 1.82) is 0 Å². The zero-order valence-corrected chi connectivity index (χ0v) is 9.19. The monoisotopic (exact) mass is 206 g/mol. The smallest absolute Gasteiger partial charge is 0.251 e. The summed E-state index contributed by atoms with van der Waals surface area (Å²) in [5.41, 5.74) is -0.0411. The molecule has 1 rings (SSSR count). The van der Waals surface area contributed by atoms with Crippen molar-refractivity contribution in [2.75, 3.05) is 19.6 Å². The van der Waals surface area contributed by atoms with Gasteiger partial charge in [-0.3, -0.25) is 4.90 Å². The minimum atomic E-state index is -2.22. The summed E-state index contributed by atoms with van der Waals surface area (Å²) in [4.78, 5) is 1.90. The fraction of sp³-hybridized carbons (Fsp3) is 1.00. The van der Waals surface area contributed by atoms with Gasteiger partial charge in [0.2, 0.25) is 0 Å². The number of nitrogens with one attached hydrogen (secondary N) is 1. The van der Waals surface area contributed by atoms with E-state index in [-0.39, 0.29) is 18.1 Å². The van der Waals surface area contributed by atoms with E-state index in [2.05, 4.69) is 19.2 Å². The van der Waals surface area contributed by atoms with E-state index >= 15 is 0 Å². The van der Waals surface area contributed by atoms with Crippen molar-refractivity contribution < 1.29 is 8.78 Å². The summed E-state index contributed by atoms with van der Waals surface area (Å²) >= 11 is 0. The highest BCUT2D eigenvalue weighted by atomic mass is 19.3. The number of hydrogen-bond acceptors (Lipinski definition) is 2. The fourth-order valence-corrected chi connectivity index (χ4v) is 2.01. The topological polar surface area (TPSA) is 15.3 Å². The van der Waals surface area contributed by atoms with Gasteiger partial charge in [-0.15, -0.1) is 0 Å². The van der Waals surface area contributed by atoms with Crippen molar-refractivity contribution >= 4 is 0 Å². The number of hydrogen-bond donors (Lipinski definition) is 1. The minimum absolute atomic E-state index is 0.0411. The maximum Gasteiger partial charge on any atom is 0.251 e. The first-order chi connectivity index (χ1) is 6.44. The van der Waals surface area contributed by atoms with Crippen molar-refractivity contribution in [3.05, 3.63) is 0 Å². The van der Waals surface area contributed by atoms with E-state index in [1.54, 1.807) is 0 Å². The van der Waals surface area contributed by atoms with Gasteiger partial charge in [0.1, 0.15) is 0 Å². The molecule has 84 valence electrons. The molecule has 0 aromatic carbocycles. The van der Waals surface area contributed by atoms with Gasteiger partial charge in [-0.25, -0.2) is 8.78 Å². The molecule has 0 spiro atoms. The lowest BCUT2D eigenvalue weighted by Crippen LogP contribution is -2.62. The van der Waals surface area contributed by atoms with E-state index in [4.69, 9.17) is 0 Å². The van der Waals surface area contributed by atoms with Crippen LogP contribution in [0.5, 0.6) is 0 Å². The molecule has 0 aliphatic carbocycles. The zero-order valence-electron chi connectivity index (χ0n) is 9.19. The summed E-state index contributed by atoms with van der Waals surface area (Å²) in [6, 6.07) is 0.261. The molecule has 1 heterocycles. The molecule has 1 N–H and O–H groups in total. The van der Waals surface area contributed by atoms with Crippen LogP contribution in [0.3, 0.4) is 0 Å². The molecule has 0 aromatic rings. The standard InChI is InChI=1S/C10H20F2N2/c1-4-8-5-13-10(2,3)7-14(8)6-9(11)12/h8-9,13H,4-7H2,1-3H3. The highest BCUT2D eigenvalue weighted by molar-refractivity contribution is 4.91. The summed E-state index contributed by atoms with van der Waals surface area (Å²) < 4.78 is 24.6. The van der Waals surface area contributed by atoms with Gasteiger partial charge in [-0.1, -0.05) is 6.92 Å². The van der Waals surface area contributed by atoms with Crippen molar-refractivity contribution in [3.63, 3.8) is 0 Å². The maximum absolute atomic E-state index is 12.3. The summed E-state index contributed by atoms with van der Waals surface area (Å²) in [6.45, 7) is 7.58. The van der Waals surface area contributed by atoms with Crippen LogP contribution in [-0.4, -0.2) is 42.5 Å². The molecule has 0 saturated carbocycles. The number of halogens is 2. The minimum Gasteiger partial charge on any atom is -0.309 e. The van der Waals surface area contributed by atoms with Gasteiger partial charge in [-0.05, 0) is 20.3 Å². The average Bonchev–Trinajstić information content (AvgIpc) is 2.01. The van der Waals surface area contributed by atoms with Crippen LogP contribution in [0, 0.1) is 0 Å². The molecule has 1 atom stereocenters. The number of alkyl halides is 2. The van der Waals surface area contributed by atoms with E-state index < -0.39 is 6.43 Å². The molecule has 1 aliphatic heterocycles. The first-order valence-electron chi connectivity index (χ1n) is 5.22. The van der Waals surface area contributed by atoms with E-state index in [0.29, 0.717) is 6.54 Å². The van der Waals surface area contributed by atoms with Gasteiger partial charge in [0.25, 0.3) is 6.43 Å². The molecule has 0 amide bonds. The van der Waals surface area contributed by atoms with Crippen LogP contribution < -0.4 is 5.32 Å². The normalized spacial score (nSPS) is 28.3. The van der Waals surface area contributed by atoms with Gasteiger partial charge in [0.15, 0.2) is 0 Å². The predicted molar refractivity (Wildman–Crippen MR) is 53.7 cm³/mol. The van der Waals surface area contributed by atoms with E-state index in [1.165, 1.54) is 0 Å². The summed E-state index contributed by atoms with van der Waals surface area (Å²) in [5.74, 6) is 0. The predicted octanol–water partition coefficient (Wildman–Crippen LogP) is 1.71. The Bertz CT molecular complexity index is 183. The Morgan fingerprint density at radius 2 is 2.14 bits per heavy atom. The van der Waals surface area contributed by atoms with E-state index in [0.717, 1.165) is 13.0 Å². The maximum atomic E-state index is 12.3. The largest absolute Gasteiger partial charge is 0.309 e. The van der Waals surface area contributed by atoms with Crippen LogP contribution in [-0.2, 0) is 0 Å². The second kappa shape index (κ2) is 4.53. The van der Waals surface area contributed by atoms with Gasteiger partial charge in [0.05, 0.1) is 6.54 Å². The van der Waals surface area contributed by atoms with Crippen LogP contribution in [0.1, 0.15) is 27.2 Å². The van der Waals surface area contributed by atoms with Crippen LogP contribution in [0.25, 0.3) is 0 Å². The quantitative estimate of drug-likeness (QED) is 0.756. The summed E-state index contributed by atoms with van der Waals surface area (Å²) in [5, 5.41) is 3.38. The average molecular weight is 206 g/mol. The first-order valence-corrected chi connectivity index (χ1v) is 5.22. The SMILES string of the molecule is CCC1CNC(C)(C)CN1CC(F)F. The lowest BCUT2D eigenvalue weighted by atomic mass is 9.98. The molecule has 1 unspecified atom stereocenters. The first kappa shape index (κ1) is 11.9. The molecular weight excluding hydrogens is 186 g/mol. The van der Waals surface area contributed by atoms with Crippen LogP contribution in [0.2, 0.25) is 0 Å². The Kier molecular flexibility index (Phi) is 3.84.